The van der Waals surface area contributed by atoms with Gasteiger partial charge >= 0.3 is 0 Å². The Morgan fingerprint density at radius 1 is 1.38 bits per heavy atom. The fourth-order valence-corrected chi connectivity index (χ4v) is 1.72. The first-order valence-corrected chi connectivity index (χ1v) is 4.65. The van der Waals surface area contributed by atoms with Crippen LogP contribution in [0.5, 0.6) is 0 Å². The topological polar surface area (TPSA) is 17.8 Å². The van der Waals surface area contributed by atoms with Crippen LogP contribution in [0.3, 0.4) is 0 Å². The van der Waals surface area contributed by atoms with E-state index in [1.54, 1.807) is 0 Å². The van der Waals surface area contributed by atoms with E-state index in [0.29, 0.717) is 0 Å². The Morgan fingerprint density at radius 3 is 2.77 bits per heavy atom. The summed E-state index contributed by atoms with van der Waals surface area (Å²) in [7, 11) is 2.08. The van der Waals surface area contributed by atoms with Crippen LogP contribution < -0.4 is 0 Å². The van der Waals surface area contributed by atoms with Gasteiger partial charge in [-0.25, -0.2) is 4.98 Å². The van der Waals surface area contributed by atoms with Crippen molar-refractivity contribution in [3.8, 4) is 0 Å². The van der Waals surface area contributed by atoms with Crippen molar-refractivity contribution in [3.05, 3.63) is 29.6 Å². The van der Waals surface area contributed by atoms with Crippen LogP contribution in [-0.2, 0) is 13.5 Å². The van der Waals surface area contributed by atoms with E-state index in [1.165, 1.54) is 11.1 Å². The predicted molar refractivity (Wildman–Crippen MR) is 54.8 cm³/mol. The molecule has 0 fully saturated rings. The highest BCUT2D eigenvalue weighted by molar-refractivity contribution is 5.79. The SMILES string of the molecule is CCc1nc2c(C)cccc2n1C. The molecular weight excluding hydrogens is 160 g/mol. The Balaban J connectivity index is 2.83. The van der Waals surface area contributed by atoms with E-state index in [1.807, 2.05) is 0 Å². The second-order valence-electron chi connectivity index (χ2n) is 3.38. The third kappa shape index (κ3) is 1.13. The van der Waals surface area contributed by atoms with E-state index in [4.69, 9.17) is 0 Å². The van der Waals surface area contributed by atoms with Crippen LogP contribution in [0.1, 0.15) is 18.3 Å². The van der Waals surface area contributed by atoms with Gasteiger partial charge in [-0.05, 0) is 18.6 Å². The van der Waals surface area contributed by atoms with Gasteiger partial charge in [-0.15, -0.1) is 0 Å². The molecule has 0 spiro atoms. The number of nitrogens with zero attached hydrogens (tertiary/aromatic N) is 2. The summed E-state index contributed by atoms with van der Waals surface area (Å²) >= 11 is 0. The summed E-state index contributed by atoms with van der Waals surface area (Å²) in [6, 6.07) is 6.31. The molecule has 1 aromatic carbocycles. The van der Waals surface area contributed by atoms with Crippen molar-refractivity contribution in [2.75, 3.05) is 0 Å². The zero-order valence-electron chi connectivity index (χ0n) is 8.33. The molecule has 2 heteroatoms. The minimum Gasteiger partial charge on any atom is -0.331 e. The number of para-hydroxylation sites is 1. The average molecular weight is 174 g/mol. The highest BCUT2D eigenvalue weighted by Crippen LogP contribution is 2.18. The molecule has 0 aliphatic carbocycles. The number of aryl methyl sites for hydroxylation is 3. The number of imidazole rings is 1. The largest absolute Gasteiger partial charge is 0.331 e. The highest BCUT2D eigenvalue weighted by atomic mass is 15.1. The maximum absolute atomic E-state index is 4.59. The first-order chi connectivity index (χ1) is 6.24. The van der Waals surface area contributed by atoms with Gasteiger partial charge in [-0.2, -0.15) is 0 Å². The zero-order valence-corrected chi connectivity index (χ0v) is 8.33. The molecule has 1 aromatic heterocycles. The summed E-state index contributed by atoms with van der Waals surface area (Å²) in [4.78, 5) is 4.59. The first kappa shape index (κ1) is 8.30. The molecule has 2 nitrogen and oxygen atoms in total. The van der Waals surface area contributed by atoms with Crippen LogP contribution in [0.15, 0.2) is 18.2 Å². The number of rotatable bonds is 1. The van der Waals surface area contributed by atoms with E-state index in [9.17, 15) is 0 Å². The smallest absolute Gasteiger partial charge is 0.109 e. The van der Waals surface area contributed by atoms with Crippen LogP contribution in [0.4, 0.5) is 0 Å². The lowest BCUT2D eigenvalue weighted by atomic mass is 10.2. The van der Waals surface area contributed by atoms with Crippen LogP contribution in [0.2, 0.25) is 0 Å². The second kappa shape index (κ2) is 2.87. The van der Waals surface area contributed by atoms with Gasteiger partial charge in [0.15, 0.2) is 0 Å². The van der Waals surface area contributed by atoms with Crippen molar-refractivity contribution < 1.29 is 0 Å². The summed E-state index contributed by atoms with van der Waals surface area (Å²) in [6.45, 7) is 4.24. The van der Waals surface area contributed by atoms with E-state index in [-0.39, 0.29) is 0 Å². The van der Waals surface area contributed by atoms with Crippen molar-refractivity contribution in [2.24, 2.45) is 7.05 Å². The molecule has 0 bridgehead atoms. The molecule has 13 heavy (non-hydrogen) atoms. The Kier molecular flexibility index (Phi) is 1.83. The minimum atomic E-state index is 0.991. The fraction of sp³-hybridized carbons (Fsp3) is 0.364. The van der Waals surface area contributed by atoms with Crippen LogP contribution in [0.25, 0.3) is 11.0 Å². The molecule has 0 amide bonds. The first-order valence-electron chi connectivity index (χ1n) is 4.65. The molecule has 0 N–H and O–H groups in total. The molecule has 0 aliphatic heterocycles. The maximum atomic E-state index is 4.59. The molecule has 0 unspecified atom stereocenters. The molecule has 0 saturated heterocycles. The minimum absolute atomic E-state index is 0.991. The van der Waals surface area contributed by atoms with E-state index >= 15 is 0 Å². The van der Waals surface area contributed by atoms with E-state index in [2.05, 4.69) is 48.6 Å². The van der Waals surface area contributed by atoms with Crippen molar-refractivity contribution >= 4 is 11.0 Å². The van der Waals surface area contributed by atoms with Crippen molar-refractivity contribution in [3.63, 3.8) is 0 Å². The van der Waals surface area contributed by atoms with Crippen LogP contribution >= 0.6 is 0 Å². The molecule has 2 aromatic rings. The molecule has 0 aliphatic rings. The summed E-state index contributed by atoms with van der Waals surface area (Å²) in [6.07, 6.45) is 0.991. The normalized spacial score (nSPS) is 11.0. The Bertz CT molecular complexity index is 441. The van der Waals surface area contributed by atoms with Gasteiger partial charge in [0.05, 0.1) is 11.0 Å². The third-order valence-corrected chi connectivity index (χ3v) is 2.52. The van der Waals surface area contributed by atoms with Crippen molar-refractivity contribution in [1.29, 1.82) is 0 Å². The average Bonchev–Trinajstić information content (AvgIpc) is 2.45. The molecule has 2 rings (SSSR count). The summed E-state index contributed by atoms with van der Waals surface area (Å²) in [5.74, 6) is 1.16. The van der Waals surface area contributed by atoms with Gasteiger partial charge in [0.1, 0.15) is 5.82 Å². The molecule has 0 radical (unpaired) electrons. The van der Waals surface area contributed by atoms with Crippen molar-refractivity contribution in [1.82, 2.24) is 9.55 Å². The summed E-state index contributed by atoms with van der Waals surface area (Å²) in [5, 5.41) is 0. The van der Waals surface area contributed by atoms with Crippen LogP contribution in [-0.4, -0.2) is 9.55 Å². The maximum Gasteiger partial charge on any atom is 0.109 e. The lowest BCUT2D eigenvalue weighted by Gasteiger charge is -1.97. The Morgan fingerprint density at radius 2 is 2.15 bits per heavy atom. The molecule has 0 atom stereocenters. The number of benzene rings is 1. The van der Waals surface area contributed by atoms with E-state index < -0.39 is 0 Å². The Hall–Kier alpha value is -1.31. The second-order valence-corrected chi connectivity index (χ2v) is 3.38. The molecule has 1 heterocycles. The number of aromatic nitrogens is 2. The monoisotopic (exact) mass is 174 g/mol. The molecular formula is C11H14N2. The summed E-state index contributed by atoms with van der Waals surface area (Å²) in [5.41, 5.74) is 3.63. The lowest BCUT2D eigenvalue weighted by molar-refractivity contribution is 0.829. The zero-order chi connectivity index (χ0) is 9.42. The number of fused-ring (bicyclic) bond motifs is 1. The molecule has 68 valence electrons. The quantitative estimate of drug-likeness (QED) is 0.649. The number of hydrogen-bond acceptors (Lipinski definition) is 1. The van der Waals surface area contributed by atoms with Gasteiger partial charge in [-0.3, -0.25) is 0 Å². The van der Waals surface area contributed by atoms with Crippen molar-refractivity contribution in [2.45, 2.75) is 20.3 Å². The van der Waals surface area contributed by atoms with Crippen LogP contribution in [0, 0.1) is 6.92 Å². The lowest BCUT2D eigenvalue weighted by Crippen LogP contribution is -1.94. The molecule has 0 saturated carbocycles. The summed E-state index contributed by atoms with van der Waals surface area (Å²) < 4.78 is 2.17. The Labute approximate surface area is 78.2 Å². The van der Waals surface area contributed by atoms with Gasteiger partial charge in [0.25, 0.3) is 0 Å². The standard InChI is InChI=1S/C11H14N2/c1-4-10-12-11-8(2)6-5-7-9(11)13(10)3/h5-7H,4H2,1-3H3. The highest BCUT2D eigenvalue weighted by Gasteiger charge is 2.06. The van der Waals surface area contributed by atoms with Gasteiger partial charge in [0, 0.05) is 13.5 Å². The third-order valence-electron chi connectivity index (χ3n) is 2.52. The van der Waals surface area contributed by atoms with Gasteiger partial charge < -0.3 is 4.57 Å². The number of hydrogen-bond donors (Lipinski definition) is 0. The van der Waals surface area contributed by atoms with E-state index in [0.717, 1.165) is 17.8 Å². The van der Waals surface area contributed by atoms with Gasteiger partial charge in [0.2, 0.25) is 0 Å². The van der Waals surface area contributed by atoms with Gasteiger partial charge in [-0.1, -0.05) is 19.1 Å². The fourth-order valence-electron chi connectivity index (χ4n) is 1.72. The predicted octanol–water partition coefficient (Wildman–Crippen LogP) is 2.44.